The number of nitrogens with one attached hydrogen (secondary N) is 1. The number of benzene rings is 1. The molecule has 2 aliphatic rings. The van der Waals surface area contributed by atoms with E-state index in [0.29, 0.717) is 6.04 Å². The van der Waals surface area contributed by atoms with Gasteiger partial charge in [0.25, 0.3) is 0 Å². The van der Waals surface area contributed by atoms with E-state index in [1.807, 2.05) is 0 Å². The lowest BCUT2D eigenvalue weighted by Crippen LogP contribution is -2.13. The topological polar surface area (TPSA) is 30.5 Å². The molecule has 1 aromatic carbocycles. The van der Waals surface area contributed by atoms with Crippen LogP contribution in [-0.2, 0) is 0 Å². The van der Waals surface area contributed by atoms with Gasteiger partial charge in [0.05, 0.1) is 12.0 Å². The van der Waals surface area contributed by atoms with Crippen LogP contribution in [-0.4, -0.2) is 19.6 Å². The van der Waals surface area contributed by atoms with Crippen LogP contribution in [0.4, 0.5) is 0 Å². The van der Waals surface area contributed by atoms with Gasteiger partial charge in [0.15, 0.2) is 0 Å². The molecule has 0 aromatic heterocycles. The highest BCUT2D eigenvalue weighted by molar-refractivity contribution is 7.99. The third-order valence-corrected chi connectivity index (χ3v) is 4.03. The molecule has 2 heterocycles. The van der Waals surface area contributed by atoms with Gasteiger partial charge < -0.3 is 14.8 Å². The Morgan fingerprint density at radius 1 is 1.50 bits per heavy atom. The smallest absolute Gasteiger partial charge is 0.138 e. The molecular formula is C12H15NO2S. The van der Waals surface area contributed by atoms with Gasteiger partial charge in [-0.2, -0.15) is 0 Å². The predicted octanol–water partition coefficient (Wildman–Crippen LogP) is 2.56. The molecule has 0 radical (unpaired) electrons. The van der Waals surface area contributed by atoms with E-state index in [0.717, 1.165) is 24.0 Å². The van der Waals surface area contributed by atoms with Crippen LogP contribution in [0.25, 0.3) is 0 Å². The lowest BCUT2D eigenvalue weighted by molar-refractivity contribution is 0.384. The minimum Gasteiger partial charge on any atom is -0.496 e. The van der Waals surface area contributed by atoms with Crippen LogP contribution >= 0.6 is 11.8 Å². The second-order valence-corrected chi connectivity index (χ2v) is 5.06. The summed E-state index contributed by atoms with van der Waals surface area (Å²) in [6.07, 6.45) is 2.42. The first-order valence-electron chi connectivity index (χ1n) is 5.59. The molecule has 2 aliphatic heterocycles. The van der Waals surface area contributed by atoms with Crippen molar-refractivity contribution in [3.8, 4) is 11.5 Å². The van der Waals surface area contributed by atoms with Crippen molar-refractivity contribution in [2.45, 2.75) is 23.8 Å². The molecule has 86 valence electrons. The number of hydrogen-bond donors (Lipinski definition) is 1. The molecule has 3 rings (SSSR count). The van der Waals surface area contributed by atoms with E-state index in [4.69, 9.17) is 9.47 Å². The van der Waals surface area contributed by atoms with Gasteiger partial charge in [-0.05, 0) is 31.5 Å². The average Bonchev–Trinajstić information content (AvgIpc) is 2.97. The monoisotopic (exact) mass is 237 g/mol. The van der Waals surface area contributed by atoms with Crippen molar-refractivity contribution >= 4 is 11.8 Å². The van der Waals surface area contributed by atoms with Crippen LogP contribution in [0.1, 0.15) is 24.4 Å². The maximum atomic E-state index is 5.58. The zero-order valence-electron chi connectivity index (χ0n) is 9.29. The number of hydrogen-bond acceptors (Lipinski definition) is 4. The Morgan fingerprint density at radius 3 is 3.19 bits per heavy atom. The lowest BCUT2D eigenvalue weighted by atomic mass is 10.0. The summed E-state index contributed by atoms with van der Waals surface area (Å²) in [6.45, 7) is 1.10. The molecule has 3 nitrogen and oxygen atoms in total. The Bertz CT molecular complexity index is 402. The molecule has 1 aromatic rings. The fourth-order valence-electron chi connectivity index (χ4n) is 2.34. The van der Waals surface area contributed by atoms with Crippen LogP contribution in [0, 0.1) is 0 Å². The highest BCUT2D eigenvalue weighted by Crippen LogP contribution is 2.43. The number of thioether (sulfide) groups is 1. The molecule has 0 aliphatic carbocycles. The summed E-state index contributed by atoms with van der Waals surface area (Å²) < 4.78 is 11.1. The normalized spacial score (nSPS) is 22.9. The summed E-state index contributed by atoms with van der Waals surface area (Å²) >= 11 is 1.73. The Labute approximate surface area is 99.5 Å². The Balaban J connectivity index is 2.01. The largest absolute Gasteiger partial charge is 0.496 e. The fraction of sp³-hybridized carbons (Fsp3) is 0.500. The number of methoxy groups -OCH3 is 1. The minimum atomic E-state index is 0.425. The third kappa shape index (κ3) is 1.66. The van der Waals surface area contributed by atoms with Crippen LogP contribution in [0.15, 0.2) is 17.0 Å². The Hall–Kier alpha value is -0.870. The quantitative estimate of drug-likeness (QED) is 0.856. The molecule has 1 saturated heterocycles. The molecule has 0 spiro atoms. The molecule has 0 bridgehead atoms. The summed E-state index contributed by atoms with van der Waals surface area (Å²) in [6, 6.07) is 4.66. The van der Waals surface area contributed by atoms with Crippen molar-refractivity contribution < 1.29 is 9.47 Å². The lowest BCUT2D eigenvalue weighted by Gasteiger charge is -2.16. The van der Waals surface area contributed by atoms with Gasteiger partial charge in [-0.25, -0.2) is 0 Å². The van der Waals surface area contributed by atoms with E-state index in [9.17, 15) is 0 Å². The van der Waals surface area contributed by atoms with Gasteiger partial charge in [0.2, 0.25) is 0 Å². The van der Waals surface area contributed by atoms with Crippen molar-refractivity contribution in [1.29, 1.82) is 0 Å². The molecular weight excluding hydrogens is 222 g/mol. The molecule has 1 atom stereocenters. The van der Waals surface area contributed by atoms with Crippen LogP contribution in [0.2, 0.25) is 0 Å². The molecule has 1 fully saturated rings. The molecule has 1 N–H and O–H groups in total. The first-order chi connectivity index (χ1) is 7.88. The number of fused-ring (bicyclic) bond motifs is 1. The number of ether oxygens (including phenoxy) is 2. The van der Waals surface area contributed by atoms with Crippen molar-refractivity contribution in [2.75, 3.05) is 19.6 Å². The summed E-state index contributed by atoms with van der Waals surface area (Å²) in [5.41, 5.74) is 1.24. The first kappa shape index (κ1) is 10.3. The van der Waals surface area contributed by atoms with E-state index in [-0.39, 0.29) is 0 Å². The summed E-state index contributed by atoms with van der Waals surface area (Å²) in [5, 5.41) is 3.50. The maximum Gasteiger partial charge on any atom is 0.138 e. The Kier molecular flexibility index (Phi) is 2.69. The average molecular weight is 237 g/mol. The van der Waals surface area contributed by atoms with Crippen LogP contribution in [0.5, 0.6) is 11.5 Å². The van der Waals surface area contributed by atoms with E-state index in [1.54, 1.807) is 18.9 Å². The highest BCUT2D eigenvalue weighted by Gasteiger charge is 2.24. The molecule has 0 saturated carbocycles. The van der Waals surface area contributed by atoms with E-state index < -0.39 is 0 Å². The fourth-order valence-corrected chi connectivity index (χ4v) is 3.10. The molecule has 4 heteroatoms. The maximum absolute atomic E-state index is 5.58. The van der Waals surface area contributed by atoms with Crippen molar-refractivity contribution in [3.05, 3.63) is 17.7 Å². The zero-order chi connectivity index (χ0) is 11.0. The molecule has 0 amide bonds. The van der Waals surface area contributed by atoms with Gasteiger partial charge in [-0.1, -0.05) is 11.8 Å². The predicted molar refractivity (Wildman–Crippen MR) is 64.3 cm³/mol. The third-order valence-electron chi connectivity index (χ3n) is 3.16. The molecule has 16 heavy (non-hydrogen) atoms. The summed E-state index contributed by atoms with van der Waals surface area (Å²) in [5.74, 6) is 2.71. The second kappa shape index (κ2) is 4.18. The minimum absolute atomic E-state index is 0.425. The number of rotatable bonds is 2. The van der Waals surface area contributed by atoms with Crippen molar-refractivity contribution in [1.82, 2.24) is 5.32 Å². The van der Waals surface area contributed by atoms with Crippen molar-refractivity contribution in [3.63, 3.8) is 0 Å². The summed E-state index contributed by atoms with van der Waals surface area (Å²) in [4.78, 5) is 1.19. The van der Waals surface area contributed by atoms with E-state index in [2.05, 4.69) is 17.4 Å². The highest BCUT2D eigenvalue weighted by atomic mass is 32.2. The van der Waals surface area contributed by atoms with E-state index in [1.165, 1.54) is 23.3 Å². The van der Waals surface area contributed by atoms with Gasteiger partial charge in [-0.15, -0.1) is 0 Å². The van der Waals surface area contributed by atoms with Crippen molar-refractivity contribution in [2.24, 2.45) is 0 Å². The standard InChI is InChI=1S/C12H15NO2S/c1-14-10-6-12-11(15-7-16-12)5-8(10)9-3-2-4-13-9/h5-6,9,13H,2-4,7H2,1H3. The van der Waals surface area contributed by atoms with Crippen LogP contribution in [0.3, 0.4) is 0 Å². The first-order valence-corrected chi connectivity index (χ1v) is 6.58. The van der Waals surface area contributed by atoms with Gasteiger partial charge >= 0.3 is 0 Å². The SMILES string of the molecule is COc1cc2c(cc1C1CCCN1)OCS2. The van der Waals surface area contributed by atoms with E-state index >= 15 is 0 Å². The van der Waals surface area contributed by atoms with Gasteiger partial charge in [0, 0.05) is 11.6 Å². The zero-order valence-corrected chi connectivity index (χ0v) is 10.1. The molecule has 1 unspecified atom stereocenters. The van der Waals surface area contributed by atoms with Gasteiger partial charge in [-0.3, -0.25) is 0 Å². The Morgan fingerprint density at radius 2 is 2.44 bits per heavy atom. The van der Waals surface area contributed by atoms with Gasteiger partial charge in [0.1, 0.15) is 17.4 Å². The summed E-state index contributed by atoms with van der Waals surface area (Å²) in [7, 11) is 1.74. The second-order valence-electron chi connectivity index (χ2n) is 4.10. The van der Waals surface area contributed by atoms with Crippen LogP contribution < -0.4 is 14.8 Å².